The van der Waals surface area contributed by atoms with Gasteiger partial charge in [-0.3, -0.25) is 0 Å². The SMILES string of the molecule is COc1ccc(CC(O)CNC2CC2)cc1. The molecule has 0 heterocycles. The van der Waals surface area contributed by atoms with Gasteiger partial charge in [0.15, 0.2) is 0 Å². The van der Waals surface area contributed by atoms with Gasteiger partial charge in [-0.2, -0.15) is 0 Å². The number of nitrogens with one attached hydrogen (secondary N) is 1. The molecule has 0 saturated heterocycles. The van der Waals surface area contributed by atoms with Crippen LogP contribution in [0.3, 0.4) is 0 Å². The van der Waals surface area contributed by atoms with Crippen LogP contribution in [-0.2, 0) is 6.42 Å². The van der Waals surface area contributed by atoms with E-state index in [-0.39, 0.29) is 6.10 Å². The van der Waals surface area contributed by atoms with Crippen molar-refractivity contribution in [2.24, 2.45) is 0 Å². The Balaban J connectivity index is 1.77. The molecule has 16 heavy (non-hydrogen) atoms. The molecular formula is C13H19NO2. The van der Waals surface area contributed by atoms with Crippen molar-refractivity contribution in [2.45, 2.75) is 31.4 Å². The van der Waals surface area contributed by atoms with Gasteiger partial charge in [-0.15, -0.1) is 0 Å². The second-order valence-electron chi connectivity index (χ2n) is 4.39. The van der Waals surface area contributed by atoms with E-state index in [9.17, 15) is 5.11 Å². The summed E-state index contributed by atoms with van der Waals surface area (Å²) in [6, 6.07) is 8.51. The molecule has 0 radical (unpaired) electrons. The fourth-order valence-corrected chi connectivity index (χ4v) is 1.70. The number of rotatable bonds is 6. The smallest absolute Gasteiger partial charge is 0.118 e. The highest BCUT2D eigenvalue weighted by molar-refractivity contribution is 5.27. The van der Waals surface area contributed by atoms with Gasteiger partial charge in [0.1, 0.15) is 5.75 Å². The van der Waals surface area contributed by atoms with Gasteiger partial charge < -0.3 is 15.2 Å². The van der Waals surface area contributed by atoms with Crippen molar-refractivity contribution in [3.63, 3.8) is 0 Å². The van der Waals surface area contributed by atoms with E-state index < -0.39 is 0 Å². The summed E-state index contributed by atoms with van der Waals surface area (Å²) in [5.41, 5.74) is 1.14. The van der Waals surface area contributed by atoms with Crippen molar-refractivity contribution in [3.05, 3.63) is 29.8 Å². The van der Waals surface area contributed by atoms with Gasteiger partial charge >= 0.3 is 0 Å². The summed E-state index contributed by atoms with van der Waals surface area (Å²) in [5, 5.41) is 13.1. The summed E-state index contributed by atoms with van der Waals surface area (Å²) in [7, 11) is 1.66. The van der Waals surface area contributed by atoms with Gasteiger partial charge in [-0.1, -0.05) is 12.1 Å². The number of hydrogen-bond acceptors (Lipinski definition) is 3. The van der Waals surface area contributed by atoms with Crippen LogP contribution in [0.4, 0.5) is 0 Å². The number of aliphatic hydroxyl groups is 1. The molecule has 1 aliphatic carbocycles. The second kappa shape index (κ2) is 5.32. The summed E-state index contributed by atoms with van der Waals surface area (Å²) in [5.74, 6) is 0.856. The topological polar surface area (TPSA) is 41.5 Å². The van der Waals surface area contributed by atoms with E-state index in [1.807, 2.05) is 24.3 Å². The number of aliphatic hydroxyl groups excluding tert-OH is 1. The largest absolute Gasteiger partial charge is 0.497 e. The van der Waals surface area contributed by atoms with Crippen molar-refractivity contribution in [2.75, 3.05) is 13.7 Å². The molecule has 3 nitrogen and oxygen atoms in total. The quantitative estimate of drug-likeness (QED) is 0.762. The molecule has 0 aliphatic heterocycles. The maximum Gasteiger partial charge on any atom is 0.118 e. The zero-order valence-corrected chi connectivity index (χ0v) is 9.65. The lowest BCUT2D eigenvalue weighted by molar-refractivity contribution is 0.171. The third kappa shape index (κ3) is 3.51. The Morgan fingerprint density at radius 2 is 2.06 bits per heavy atom. The molecular weight excluding hydrogens is 202 g/mol. The summed E-state index contributed by atoms with van der Waals surface area (Å²) in [6.07, 6.45) is 2.92. The van der Waals surface area contributed by atoms with Gasteiger partial charge in [-0.05, 0) is 37.0 Å². The minimum absolute atomic E-state index is 0.297. The van der Waals surface area contributed by atoms with Crippen molar-refractivity contribution in [3.8, 4) is 5.75 Å². The summed E-state index contributed by atoms with van der Waals surface area (Å²) < 4.78 is 5.09. The van der Waals surface area contributed by atoms with E-state index in [0.717, 1.165) is 11.3 Å². The normalized spacial score (nSPS) is 17.1. The van der Waals surface area contributed by atoms with E-state index in [0.29, 0.717) is 19.0 Å². The molecule has 1 fully saturated rings. The van der Waals surface area contributed by atoms with Gasteiger partial charge in [0.2, 0.25) is 0 Å². The molecule has 1 unspecified atom stereocenters. The van der Waals surface area contributed by atoms with E-state index in [1.54, 1.807) is 7.11 Å². The van der Waals surface area contributed by atoms with Crippen LogP contribution in [0.25, 0.3) is 0 Å². The van der Waals surface area contributed by atoms with Crippen LogP contribution in [0.1, 0.15) is 18.4 Å². The second-order valence-corrected chi connectivity index (χ2v) is 4.39. The molecule has 1 saturated carbocycles. The first-order chi connectivity index (χ1) is 7.78. The predicted octanol–water partition coefficient (Wildman–Crippen LogP) is 1.35. The minimum atomic E-state index is -0.297. The predicted molar refractivity (Wildman–Crippen MR) is 63.7 cm³/mol. The maximum absolute atomic E-state index is 9.81. The molecule has 2 rings (SSSR count). The van der Waals surface area contributed by atoms with Crippen molar-refractivity contribution in [1.82, 2.24) is 5.32 Å². The summed E-state index contributed by atoms with van der Waals surface area (Å²) >= 11 is 0. The third-order valence-electron chi connectivity index (χ3n) is 2.85. The fourth-order valence-electron chi connectivity index (χ4n) is 1.70. The Bertz CT molecular complexity index is 319. The highest BCUT2D eigenvalue weighted by Crippen LogP contribution is 2.18. The number of ether oxygens (including phenoxy) is 1. The summed E-state index contributed by atoms with van der Waals surface area (Å²) in [4.78, 5) is 0. The lowest BCUT2D eigenvalue weighted by atomic mass is 10.1. The first-order valence-corrected chi connectivity index (χ1v) is 5.82. The van der Waals surface area contributed by atoms with E-state index in [2.05, 4.69) is 5.32 Å². The van der Waals surface area contributed by atoms with Crippen LogP contribution in [0.15, 0.2) is 24.3 Å². The number of methoxy groups -OCH3 is 1. The lowest BCUT2D eigenvalue weighted by Gasteiger charge is -2.11. The molecule has 2 N–H and O–H groups in total. The van der Waals surface area contributed by atoms with Crippen molar-refractivity contribution < 1.29 is 9.84 Å². The first-order valence-electron chi connectivity index (χ1n) is 5.82. The van der Waals surface area contributed by atoms with E-state index in [4.69, 9.17) is 4.74 Å². The van der Waals surface area contributed by atoms with Gasteiger partial charge in [0, 0.05) is 12.6 Å². The van der Waals surface area contributed by atoms with Crippen LogP contribution in [0.5, 0.6) is 5.75 Å². The van der Waals surface area contributed by atoms with Crippen molar-refractivity contribution in [1.29, 1.82) is 0 Å². The Morgan fingerprint density at radius 1 is 1.38 bits per heavy atom. The standard InChI is InChI=1S/C13H19NO2/c1-16-13-6-2-10(3-7-13)8-12(15)9-14-11-4-5-11/h2-3,6-7,11-12,14-15H,4-5,8-9H2,1H3. The number of hydrogen-bond donors (Lipinski definition) is 2. The maximum atomic E-state index is 9.81. The van der Waals surface area contributed by atoms with Crippen LogP contribution in [0.2, 0.25) is 0 Å². The Labute approximate surface area is 96.4 Å². The Hall–Kier alpha value is -1.06. The average Bonchev–Trinajstić information content (AvgIpc) is 3.11. The lowest BCUT2D eigenvalue weighted by Crippen LogP contribution is -2.29. The fraction of sp³-hybridized carbons (Fsp3) is 0.538. The first kappa shape index (κ1) is 11.4. The summed E-state index contributed by atoms with van der Waals surface area (Å²) in [6.45, 7) is 0.691. The van der Waals surface area contributed by atoms with Gasteiger partial charge in [0.05, 0.1) is 13.2 Å². The van der Waals surface area contributed by atoms with E-state index in [1.165, 1.54) is 12.8 Å². The van der Waals surface area contributed by atoms with Crippen LogP contribution >= 0.6 is 0 Å². The highest BCUT2D eigenvalue weighted by Gasteiger charge is 2.21. The number of benzene rings is 1. The van der Waals surface area contributed by atoms with Crippen LogP contribution < -0.4 is 10.1 Å². The monoisotopic (exact) mass is 221 g/mol. The van der Waals surface area contributed by atoms with Gasteiger partial charge in [0.25, 0.3) is 0 Å². The zero-order valence-electron chi connectivity index (χ0n) is 9.65. The molecule has 0 amide bonds. The molecule has 88 valence electrons. The molecule has 1 atom stereocenters. The van der Waals surface area contributed by atoms with Crippen LogP contribution in [0, 0.1) is 0 Å². The third-order valence-corrected chi connectivity index (χ3v) is 2.85. The molecule has 1 aromatic carbocycles. The van der Waals surface area contributed by atoms with Gasteiger partial charge in [-0.25, -0.2) is 0 Å². The molecule has 3 heteroatoms. The Morgan fingerprint density at radius 3 is 2.62 bits per heavy atom. The molecule has 0 bridgehead atoms. The average molecular weight is 221 g/mol. The highest BCUT2D eigenvalue weighted by atomic mass is 16.5. The molecule has 1 aliphatic rings. The zero-order chi connectivity index (χ0) is 11.4. The van der Waals surface area contributed by atoms with Crippen molar-refractivity contribution >= 4 is 0 Å². The molecule has 0 spiro atoms. The molecule has 0 aromatic heterocycles. The minimum Gasteiger partial charge on any atom is -0.497 e. The molecule has 1 aromatic rings. The Kier molecular flexibility index (Phi) is 3.80. The van der Waals surface area contributed by atoms with Crippen LogP contribution in [-0.4, -0.2) is 30.9 Å². The van der Waals surface area contributed by atoms with E-state index >= 15 is 0 Å².